The molecule has 9 heteroatoms. The highest BCUT2D eigenvalue weighted by atomic mass is 32.1. The Morgan fingerprint density at radius 3 is 2.85 bits per heavy atom. The molecule has 1 aliphatic rings. The standard InChI is InChI=1S/C17H17FN6OS/c1-8-9(2)22-23-17-13(8)14(19)15(26-17)16(25)21-11-6-24(7-11)12-3-10(18)4-20-5-12/h3-5,11H,6-7,19H2,1-2H3,(H,21,25). The monoisotopic (exact) mass is 372 g/mol. The van der Waals surface area contributed by atoms with Crippen LogP contribution < -0.4 is 16.0 Å². The molecule has 134 valence electrons. The van der Waals surface area contributed by atoms with Gasteiger partial charge in [0.2, 0.25) is 0 Å². The van der Waals surface area contributed by atoms with E-state index in [1.54, 1.807) is 6.20 Å². The number of carbonyl (C=O) groups excluding carboxylic acids is 1. The van der Waals surface area contributed by atoms with E-state index in [1.165, 1.54) is 23.6 Å². The van der Waals surface area contributed by atoms with Gasteiger partial charge in [0, 0.05) is 24.5 Å². The summed E-state index contributed by atoms with van der Waals surface area (Å²) in [6.45, 7) is 4.98. The van der Waals surface area contributed by atoms with Gasteiger partial charge in [0.05, 0.1) is 35.5 Å². The van der Waals surface area contributed by atoms with Crippen LogP contribution >= 0.6 is 11.3 Å². The molecule has 26 heavy (non-hydrogen) atoms. The molecule has 0 atom stereocenters. The van der Waals surface area contributed by atoms with Crippen molar-refractivity contribution in [3.05, 3.63) is 40.4 Å². The zero-order valence-corrected chi connectivity index (χ0v) is 15.1. The van der Waals surface area contributed by atoms with Gasteiger partial charge in [-0.25, -0.2) is 4.39 Å². The second-order valence-corrected chi connectivity index (χ2v) is 7.37. The molecule has 1 saturated heterocycles. The van der Waals surface area contributed by atoms with Gasteiger partial charge in [-0.15, -0.1) is 16.4 Å². The highest BCUT2D eigenvalue weighted by Gasteiger charge is 2.30. The minimum atomic E-state index is -0.375. The third-order valence-corrected chi connectivity index (χ3v) is 5.70. The van der Waals surface area contributed by atoms with Crippen LogP contribution in [0.2, 0.25) is 0 Å². The lowest BCUT2D eigenvalue weighted by atomic mass is 10.1. The van der Waals surface area contributed by atoms with E-state index in [2.05, 4.69) is 20.5 Å². The van der Waals surface area contributed by atoms with Gasteiger partial charge < -0.3 is 16.0 Å². The first kappa shape index (κ1) is 16.6. The van der Waals surface area contributed by atoms with Crippen LogP contribution in [0, 0.1) is 19.7 Å². The molecule has 0 aliphatic carbocycles. The summed E-state index contributed by atoms with van der Waals surface area (Å²) in [5.41, 5.74) is 9.10. The number of fused-ring (bicyclic) bond motifs is 1. The van der Waals surface area contributed by atoms with Crippen molar-refractivity contribution < 1.29 is 9.18 Å². The van der Waals surface area contributed by atoms with Crippen LogP contribution in [0.5, 0.6) is 0 Å². The van der Waals surface area contributed by atoms with Gasteiger partial charge >= 0.3 is 0 Å². The average Bonchev–Trinajstić information content (AvgIpc) is 2.91. The molecule has 1 aliphatic heterocycles. The molecular formula is C17H17FN6OS. The lowest BCUT2D eigenvalue weighted by Gasteiger charge is -2.41. The molecule has 0 saturated carbocycles. The SMILES string of the molecule is Cc1nnc2sc(C(=O)NC3CN(c4cncc(F)c4)C3)c(N)c2c1C. The normalized spacial score (nSPS) is 14.5. The predicted octanol–water partition coefficient (Wildman–Crippen LogP) is 2.04. The van der Waals surface area contributed by atoms with Crippen molar-refractivity contribution in [3.63, 3.8) is 0 Å². The van der Waals surface area contributed by atoms with E-state index in [0.29, 0.717) is 34.2 Å². The van der Waals surface area contributed by atoms with Crippen LogP contribution in [0.1, 0.15) is 20.9 Å². The second kappa shape index (κ2) is 6.17. The van der Waals surface area contributed by atoms with Crippen molar-refractivity contribution in [2.45, 2.75) is 19.9 Å². The number of nitrogens with two attached hydrogens (primary N) is 1. The van der Waals surface area contributed by atoms with Crippen molar-refractivity contribution in [2.24, 2.45) is 0 Å². The number of amides is 1. The van der Waals surface area contributed by atoms with E-state index < -0.39 is 0 Å². The summed E-state index contributed by atoms with van der Waals surface area (Å²) in [6.07, 6.45) is 2.77. The van der Waals surface area contributed by atoms with Crippen LogP contribution in [0.25, 0.3) is 10.2 Å². The number of halogens is 1. The van der Waals surface area contributed by atoms with E-state index in [4.69, 9.17) is 5.73 Å². The molecule has 7 nitrogen and oxygen atoms in total. The fourth-order valence-corrected chi connectivity index (χ4v) is 4.02. The second-order valence-electron chi connectivity index (χ2n) is 6.37. The fourth-order valence-electron chi connectivity index (χ4n) is 3.01. The average molecular weight is 372 g/mol. The van der Waals surface area contributed by atoms with Crippen LogP contribution in [0.15, 0.2) is 18.5 Å². The van der Waals surface area contributed by atoms with Gasteiger partial charge in [-0.05, 0) is 19.4 Å². The maximum Gasteiger partial charge on any atom is 0.263 e. The van der Waals surface area contributed by atoms with Crippen molar-refractivity contribution in [1.82, 2.24) is 20.5 Å². The van der Waals surface area contributed by atoms with E-state index in [9.17, 15) is 9.18 Å². The number of carbonyl (C=O) groups is 1. The van der Waals surface area contributed by atoms with Crippen molar-refractivity contribution in [2.75, 3.05) is 23.7 Å². The summed E-state index contributed by atoms with van der Waals surface area (Å²) < 4.78 is 13.2. The number of thiophene rings is 1. The smallest absolute Gasteiger partial charge is 0.263 e. The molecule has 4 heterocycles. The van der Waals surface area contributed by atoms with Crippen LogP contribution in [0.4, 0.5) is 15.8 Å². The molecule has 3 aromatic heterocycles. The Bertz CT molecular complexity index is 1010. The molecule has 0 unspecified atom stereocenters. The number of hydrogen-bond acceptors (Lipinski definition) is 7. The number of nitrogen functional groups attached to an aromatic ring is 1. The van der Waals surface area contributed by atoms with E-state index in [0.717, 1.165) is 16.6 Å². The largest absolute Gasteiger partial charge is 0.397 e. The van der Waals surface area contributed by atoms with Gasteiger partial charge in [0.15, 0.2) is 0 Å². The van der Waals surface area contributed by atoms with Crippen molar-refractivity contribution in [1.29, 1.82) is 0 Å². The van der Waals surface area contributed by atoms with Crippen molar-refractivity contribution >= 4 is 38.8 Å². The molecule has 1 amide bonds. The summed E-state index contributed by atoms with van der Waals surface area (Å²) in [4.78, 5) is 19.5. The Labute approximate surface area is 153 Å². The highest BCUT2D eigenvalue weighted by molar-refractivity contribution is 7.21. The number of hydrogen-bond donors (Lipinski definition) is 2. The molecule has 0 aromatic carbocycles. The summed E-state index contributed by atoms with van der Waals surface area (Å²) in [7, 11) is 0. The van der Waals surface area contributed by atoms with Crippen molar-refractivity contribution in [3.8, 4) is 0 Å². The maximum atomic E-state index is 13.2. The first-order valence-corrected chi connectivity index (χ1v) is 8.94. The topological polar surface area (TPSA) is 97.0 Å². The summed E-state index contributed by atoms with van der Waals surface area (Å²) in [6, 6.07) is 1.41. The molecule has 1 fully saturated rings. The maximum absolute atomic E-state index is 13.2. The first-order chi connectivity index (χ1) is 12.4. The molecule has 0 radical (unpaired) electrons. The Kier molecular flexibility index (Phi) is 3.95. The Morgan fingerprint density at radius 1 is 1.35 bits per heavy atom. The van der Waals surface area contributed by atoms with Gasteiger partial charge in [-0.2, -0.15) is 5.10 Å². The highest BCUT2D eigenvalue weighted by Crippen LogP contribution is 2.35. The number of rotatable bonds is 3. The molecular weight excluding hydrogens is 355 g/mol. The first-order valence-electron chi connectivity index (χ1n) is 8.12. The number of aryl methyl sites for hydroxylation is 2. The Morgan fingerprint density at radius 2 is 2.12 bits per heavy atom. The zero-order chi connectivity index (χ0) is 18.4. The summed E-state index contributed by atoms with van der Waals surface area (Å²) in [5, 5.41) is 12.0. The minimum Gasteiger partial charge on any atom is -0.397 e. The van der Waals surface area contributed by atoms with Crippen LogP contribution in [0.3, 0.4) is 0 Å². The van der Waals surface area contributed by atoms with Gasteiger partial charge in [0.1, 0.15) is 15.5 Å². The Hall–Kier alpha value is -2.81. The van der Waals surface area contributed by atoms with E-state index >= 15 is 0 Å². The third kappa shape index (κ3) is 2.74. The molecule has 0 spiro atoms. The number of nitrogens with one attached hydrogen (secondary N) is 1. The molecule has 3 aromatic rings. The lowest BCUT2D eigenvalue weighted by molar-refractivity contribution is 0.0935. The molecule has 3 N–H and O–H groups in total. The number of aromatic nitrogens is 3. The minimum absolute atomic E-state index is 0.0238. The third-order valence-electron chi connectivity index (χ3n) is 4.61. The zero-order valence-electron chi connectivity index (χ0n) is 14.3. The number of anilines is 2. The van der Waals surface area contributed by atoms with E-state index in [-0.39, 0.29) is 17.8 Å². The van der Waals surface area contributed by atoms with E-state index in [1.807, 2.05) is 18.7 Å². The Balaban J connectivity index is 1.47. The van der Waals surface area contributed by atoms with Gasteiger partial charge in [-0.3, -0.25) is 9.78 Å². The van der Waals surface area contributed by atoms with Crippen LogP contribution in [-0.4, -0.2) is 40.2 Å². The quantitative estimate of drug-likeness (QED) is 0.730. The van der Waals surface area contributed by atoms with Gasteiger partial charge in [-0.1, -0.05) is 0 Å². The van der Waals surface area contributed by atoms with Gasteiger partial charge in [0.25, 0.3) is 5.91 Å². The fraction of sp³-hybridized carbons (Fsp3) is 0.294. The predicted molar refractivity (Wildman–Crippen MR) is 99.0 cm³/mol. The summed E-state index contributed by atoms with van der Waals surface area (Å²) >= 11 is 1.25. The molecule has 4 rings (SSSR count). The number of pyridine rings is 1. The number of nitrogens with zero attached hydrogens (tertiary/aromatic N) is 4. The van der Waals surface area contributed by atoms with Crippen LogP contribution in [-0.2, 0) is 0 Å². The lowest BCUT2D eigenvalue weighted by Crippen LogP contribution is -2.59. The molecule has 0 bridgehead atoms. The summed E-state index contributed by atoms with van der Waals surface area (Å²) in [5.74, 6) is -0.593.